The van der Waals surface area contributed by atoms with Gasteiger partial charge in [0, 0.05) is 0 Å². The van der Waals surface area contributed by atoms with Gasteiger partial charge in [-0.1, -0.05) is 0 Å². The molecule has 0 fully saturated rings. The van der Waals surface area contributed by atoms with Gasteiger partial charge in [-0.15, -0.1) is 0 Å². The molecule has 0 aliphatic carbocycles. The highest BCUT2D eigenvalue weighted by Crippen LogP contribution is 2.03. The zero-order valence-electron chi connectivity index (χ0n) is 6.44. The largest absolute Gasteiger partial charge is 0.479 e. The second-order valence-corrected chi connectivity index (χ2v) is 2.39. The number of aliphatic carboxylic acids is 1. The monoisotopic (exact) mass is 194 g/mol. The van der Waals surface area contributed by atoms with Crippen LogP contribution in [0.25, 0.3) is 0 Å². The summed E-state index contributed by atoms with van der Waals surface area (Å²) >= 11 is 0. The van der Waals surface area contributed by atoms with Gasteiger partial charge in [0.1, 0.15) is 18.3 Å². The van der Waals surface area contributed by atoms with Crippen molar-refractivity contribution in [2.75, 3.05) is 0 Å². The molecule has 7 nitrogen and oxygen atoms in total. The fourth-order valence-electron chi connectivity index (χ4n) is 0.615. The van der Waals surface area contributed by atoms with Crippen LogP contribution in [-0.4, -0.2) is 62.2 Å². The van der Waals surface area contributed by atoms with Crippen LogP contribution in [0.1, 0.15) is 0 Å². The van der Waals surface area contributed by atoms with E-state index in [4.69, 9.17) is 25.5 Å². The van der Waals surface area contributed by atoms with Crippen molar-refractivity contribution in [3.8, 4) is 0 Å². The number of aliphatic hydroxyl groups is 4. The summed E-state index contributed by atoms with van der Waals surface area (Å²) in [5.74, 6) is -1.76. The molecule has 1 unspecified atom stereocenters. The molecule has 0 saturated carbocycles. The van der Waals surface area contributed by atoms with Gasteiger partial charge in [-0.05, 0) is 0 Å². The number of aldehydes is 1. The van der Waals surface area contributed by atoms with Crippen LogP contribution in [0.2, 0.25) is 0 Å². The SMILES string of the molecule is O=C[C@H](O)[C@H](O)[C@H](O)C(O)C(=O)O. The smallest absolute Gasteiger partial charge is 0.335 e. The number of carbonyl (C=O) groups excluding carboxylic acids is 1. The zero-order chi connectivity index (χ0) is 10.6. The van der Waals surface area contributed by atoms with Gasteiger partial charge < -0.3 is 30.3 Å². The third-order valence-electron chi connectivity index (χ3n) is 1.42. The summed E-state index contributed by atoms with van der Waals surface area (Å²) in [6, 6.07) is 0. The van der Waals surface area contributed by atoms with Gasteiger partial charge in [0.25, 0.3) is 0 Å². The molecule has 0 bridgehead atoms. The van der Waals surface area contributed by atoms with Gasteiger partial charge >= 0.3 is 5.97 Å². The van der Waals surface area contributed by atoms with Crippen molar-refractivity contribution in [3.63, 3.8) is 0 Å². The Morgan fingerprint density at radius 3 is 1.85 bits per heavy atom. The Morgan fingerprint density at radius 1 is 1.08 bits per heavy atom. The number of hydrogen-bond donors (Lipinski definition) is 5. The van der Waals surface area contributed by atoms with E-state index >= 15 is 0 Å². The van der Waals surface area contributed by atoms with E-state index in [0.717, 1.165) is 0 Å². The second kappa shape index (κ2) is 4.87. The quantitative estimate of drug-likeness (QED) is 0.289. The Hall–Kier alpha value is -1.02. The first-order chi connectivity index (χ1) is 5.91. The predicted octanol–water partition coefficient (Wildman–Crippen LogP) is -3.29. The summed E-state index contributed by atoms with van der Waals surface area (Å²) in [6.07, 6.45) is -8.39. The minimum Gasteiger partial charge on any atom is -0.479 e. The maximum absolute atomic E-state index is 10.1. The van der Waals surface area contributed by atoms with Crippen molar-refractivity contribution >= 4 is 12.3 Å². The Bertz CT molecular complexity index is 191. The van der Waals surface area contributed by atoms with Crippen LogP contribution < -0.4 is 0 Å². The van der Waals surface area contributed by atoms with E-state index in [0.29, 0.717) is 0 Å². The molecule has 0 saturated heterocycles. The normalized spacial score (nSPS) is 20.0. The summed E-state index contributed by atoms with van der Waals surface area (Å²) in [6.45, 7) is 0. The third-order valence-corrected chi connectivity index (χ3v) is 1.42. The Kier molecular flexibility index (Phi) is 4.49. The van der Waals surface area contributed by atoms with Crippen molar-refractivity contribution in [1.82, 2.24) is 0 Å². The summed E-state index contributed by atoms with van der Waals surface area (Å²) in [4.78, 5) is 20.0. The maximum atomic E-state index is 10.1. The lowest BCUT2D eigenvalue weighted by Gasteiger charge is -2.21. The first kappa shape index (κ1) is 12.0. The second-order valence-electron chi connectivity index (χ2n) is 2.39. The van der Waals surface area contributed by atoms with Gasteiger partial charge in [-0.2, -0.15) is 0 Å². The van der Waals surface area contributed by atoms with Crippen molar-refractivity contribution in [1.29, 1.82) is 0 Å². The number of carboxylic acid groups (broad SMARTS) is 1. The first-order valence-electron chi connectivity index (χ1n) is 3.32. The topological polar surface area (TPSA) is 135 Å². The lowest BCUT2D eigenvalue weighted by molar-refractivity contribution is -0.163. The Balaban J connectivity index is 4.32. The minimum absolute atomic E-state index is 0.0809. The highest BCUT2D eigenvalue weighted by molar-refractivity contribution is 5.73. The van der Waals surface area contributed by atoms with Crippen LogP contribution in [0.4, 0.5) is 0 Å². The van der Waals surface area contributed by atoms with Gasteiger partial charge in [0.05, 0.1) is 0 Å². The maximum Gasteiger partial charge on any atom is 0.335 e. The Morgan fingerprint density at radius 2 is 1.54 bits per heavy atom. The van der Waals surface area contributed by atoms with Crippen LogP contribution in [0.15, 0.2) is 0 Å². The average molecular weight is 194 g/mol. The zero-order valence-corrected chi connectivity index (χ0v) is 6.44. The number of hydrogen-bond acceptors (Lipinski definition) is 6. The average Bonchev–Trinajstić information content (AvgIpc) is 2.12. The minimum atomic E-state index is -2.25. The highest BCUT2D eigenvalue weighted by Gasteiger charge is 2.33. The van der Waals surface area contributed by atoms with Crippen molar-refractivity contribution in [2.24, 2.45) is 0 Å². The molecule has 0 heterocycles. The molecule has 0 aliphatic rings. The van der Waals surface area contributed by atoms with Gasteiger partial charge in [-0.3, -0.25) is 0 Å². The molecule has 0 rings (SSSR count). The van der Waals surface area contributed by atoms with E-state index in [9.17, 15) is 9.59 Å². The molecule has 0 aromatic rings. The van der Waals surface area contributed by atoms with E-state index in [-0.39, 0.29) is 6.29 Å². The third kappa shape index (κ3) is 3.07. The molecule has 4 atom stereocenters. The van der Waals surface area contributed by atoms with E-state index in [1.165, 1.54) is 0 Å². The fraction of sp³-hybridized carbons (Fsp3) is 0.667. The molecule has 13 heavy (non-hydrogen) atoms. The first-order valence-corrected chi connectivity index (χ1v) is 3.32. The molecular formula is C6H10O7. The summed E-state index contributed by atoms with van der Waals surface area (Å²) < 4.78 is 0. The summed E-state index contributed by atoms with van der Waals surface area (Å²) in [7, 11) is 0. The Labute approximate surface area is 72.9 Å². The molecule has 76 valence electrons. The number of rotatable bonds is 5. The standard InChI is InChI=1S/C6H10O7/c7-1-2(8)3(9)4(10)5(11)6(12)13/h1-5,8-11H,(H,12,13)/t2-,3-,4-,5?/m0/s1. The summed E-state index contributed by atoms with van der Waals surface area (Å²) in [5, 5.41) is 43.2. The molecule has 0 radical (unpaired) electrons. The predicted molar refractivity (Wildman–Crippen MR) is 37.7 cm³/mol. The number of aliphatic hydroxyl groups excluding tert-OH is 4. The lowest BCUT2D eigenvalue weighted by atomic mass is 10.0. The van der Waals surface area contributed by atoms with Gasteiger partial charge in [0.15, 0.2) is 12.4 Å². The van der Waals surface area contributed by atoms with Crippen LogP contribution in [0, 0.1) is 0 Å². The molecule has 5 N–H and O–H groups in total. The molecule has 0 spiro atoms. The summed E-state index contributed by atoms with van der Waals surface area (Å²) in [5.41, 5.74) is 0. The fourth-order valence-corrected chi connectivity index (χ4v) is 0.615. The van der Waals surface area contributed by atoms with Crippen molar-refractivity contribution < 1.29 is 35.1 Å². The van der Waals surface area contributed by atoms with Crippen molar-refractivity contribution in [3.05, 3.63) is 0 Å². The molecule has 7 heteroatoms. The highest BCUT2D eigenvalue weighted by atomic mass is 16.4. The number of carboxylic acids is 1. The van der Waals surface area contributed by atoms with Gasteiger partial charge in [0.2, 0.25) is 0 Å². The molecule has 0 aromatic carbocycles. The van der Waals surface area contributed by atoms with Gasteiger partial charge in [-0.25, -0.2) is 4.79 Å². The van der Waals surface area contributed by atoms with Crippen LogP contribution in [0.3, 0.4) is 0 Å². The van der Waals surface area contributed by atoms with E-state index in [1.807, 2.05) is 0 Å². The van der Waals surface area contributed by atoms with Crippen LogP contribution in [0.5, 0.6) is 0 Å². The molecular weight excluding hydrogens is 184 g/mol. The lowest BCUT2D eigenvalue weighted by Crippen LogP contribution is -2.48. The molecule has 0 aliphatic heterocycles. The van der Waals surface area contributed by atoms with E-state index in [1.54, 1.807) is 0 Å². The van der Waals surface area contributed by atoms with E-state index in [2.05, 4.69) is 0 Å². The molecule has 0 amide bonds. The van der Waals surface area contributed by atoms with E-state index < -0.39 is 30.4 Å². The van der Waals surface area contributed by atoms with Crippen molar-refractivity contribution in [2.45, 2.75) is 24.4 Å². The molecule has 0 aromatic heterocycles. The number of carbonyl (C=O) groups is 2. The van der Waals surface area contributed by atoms with Crippen LogP contribution in [-0.2, 0) is 9.59 Å². The van der Waals surface area contributed by atoms with Crippen LogP contribution >= 0.6 is 0 Å².